The predicted molar refractivity (Wildman–Crippen MR) is 108 cm³/mol. The van der Waals surface area contributed by atoms with Crippen molar-refractivity contribution >= 4 is 5.91 Å². The van der Waals surface area contributed by atoms with Crippen LogP contribution in [0.3, 0.4) is 0 Å². The number of benzene rings is 1. The zero-order valence-electron chi connectivity index (χ0n) is 16.1. The molecule has 30 heavy (non-hydrogen) atoms. The number of aromatic amines is 1. The second-order valence-corrected chi connectivity index (χ2v) is 7.31. The summed E-state index contributed by atoms with van der Waals surface area (Å²) < 4.78 is 15.3. The maximum Gasteiger partial charge on any atom is 0.289 e. The number of nitrogens with zero attached hydrogens (tertiary/aromatic N) is 5. The Kier molecular flexibility index (Phi) is 4.59. The number of imidazole rings is 1. The van der Waals surface area contributed by atoms with Crippen LogP contribution in [0.4, 0.5) is 4.39 Å². The van der Waals surface area contributed by atoms with Crippen LogP contribution in [0.1, 0.15) is 27.9 Å². The van der Waals surface area contributed by atoms with Crippen LogP contribution in [0.5, 0.6) is 0 Å². The topological polar surface area (TPSA) is 79.7 Å². The summed E-state index contributed by atoms with van der Waals surface area (Å²) in [7, 11) is 0. The van der Waals surface area contributed by atoms with Crippen LogP contribution < -0.4 is 0 Å². The van der Waals surface area contributed by atoms with E-state index in [-0.39, 0.29) is 17.8 Å². The number of nitrogens with one attached hydrogen (secondary N) is 1. The van der Waals surface area contributed by atoms with Gasteiger partial charge in [0.2, 0.25) is 0 Å². The fourth-order valence-corrected chi connectivity index (χ4v) is 3.66. The van der Waals surface area contributed by atoms with Gasteiger partial charge in [-0.2, -0.15) is 5.10 Å². The average Bonchev–Trinajstić information content (AvgIpc) is 3.40. The molecule has 150 valence electrons. The van der Waals surface area contributed by atoms with Crippen molar-refractivity contribution in [2.24, 2.45) is 0 Å². The van der Waals surface area contributed by atoms with Crippen molar-refractivity contribution in [3.05, 3.63) is 90.2 Å². The van der Waals surface area contributed by atoms with Crippen molar-refractivity contribution < 1.29 is 9.18 Å². The van der Waals surface area contributed by atoms with Gasteiger partial charge in [-0.3, -0.25) is 14.5 Å². The minimum absolute atomic E-state index is 0.0787. The molecule has 1 amide bonds. The molecular weight excluding hydrogens is 383 g/mol. The van der Waals surface area contributed by atoms with Gasteiger partial charge >= 0.3 is 0 Å². The van der Waals surface area contributed by atoms with Gasteiger partial charge in [-0.15, -0.1) is 0 Å². The number of hydrogen-bond donors (Lipinski definition) is 1. The Hall–Kier alpha value is -3.81. The number of hydrogen-bond acceptors (Lipinski definition) is 4. The summed E-state index contributed by atoms with van der Waals surface area (Å²) in [5.41, 5.74) is 3.85. The second-order valence-electron chi connectivity index (χ2n) is 7.31. The van der Waals surface area contributed by atoms with E-state index in [1.807, 2.05) is 16.8 Å². The minimum atomic E-state index is -0.254. The van der Waals surface area contributed by atoms with E-state index in [2.05, 4.69) is 21.0 Å². The maximum absolute atomic E-state index is 13.3. The normalized spacial score (nSPS) is 14.0. The van der Waals surface area contributed by atoms with Crippen LogP contribution in [0, 0.1) is 5.82 Å². The number of aromatic nitrogens is 5. The molecule has 7 nitrogen and oxygen atoms in total. The van der Waals surface area contributed by atoms with Gasteiger partial charge in [-0.1, -0.05) is 12.1 Å². The first-order chi connectivity index (χ1) is 14.7. The first-order valence-electron chi connectivity index (χ1n) is 9.69. The molecule has 1 saturated heterocycles. The van der Waals surface area contributed by atoms with Gasteiger partial charge in [0.15, 0.2) is 5.82 Å². The van der Waals surface area contributed by atoms with E-state index < -0.39 is 0 Å². The molecular formula is C22H19FN6O. The molecule has 0 atom stereocenters. The average molecular weight is 402 g/mol. The number of H-pyrrole nitrogens is 1. The number of amides is 1. The van der Waals surface area contributed by atoms with E-state index in [0.29, 0.717) is 25.3 Å². The Labute approximate surface area is 172 Å². The van der Waals surface area contributed by atoms with Crippen molar-refractivity contribution in [1.29, 1.82) is 0 Å². The molecule has 4 heterocycles. The Morgan fingerprint density at radius 1 is 1.10 bits per heavy atom. The number of carbonyl (C=O) groups excluding carboxylic acids is 1. The summed E-state index contributed by atoms with van der Waals surface area (Å²) in [6.07, 6.45) is 7.31. The molecule has 0 saturated carbocycles. The molecule has 1 aliphatic rings. The van der Waals surface area contributed by atoms with Gasteiger partial charge in [0, 0.05) is 55.6 Å². The fourth-order valence-electron chi connectivity index (χ4n) is 3.66. The molecule has 5 rings (SSSR count). The zero-order valence-corrected chi connectivity index (χ0v) is 16.1. The molecule has 0 aliphatic carbocycles. The van der Waals surface area contributed by atoms with E-state index >= 15 is 0 Å². The lowest BCUT2D eigenvalue weighted by molar-refractivity contribution is 0.0486. The highest BCUT2D eigenvalue weighted by Crippen LogP contribution is 2.28. The first kappa shape index (κ1) is 18.2. The SMILES string of the molecule is O=C(c1ncc[nH]1)N1CC(n2nc(-c3ccncc3)cc2Cc2ccc(F)cc2)C1. The number of halogens is 1. The highest BCUT2D eigenvalue weighted by Gasteiger charge is 2.35. The van der Waals surface area contributed by atoms with E-state index in [0.717, 1.165) is 22.5 Å². The van der Waals surface area contributed by atoms with Crippen LogP contribution in [0.15, 0.2) is 67.3 Å². The van der Waals surface area contributed by atoms with Crippen LogP contribution in [-0.4, -0.2) is 48.6 Å². The zero-order chi connectivity index (χ0) is 20.5. The molecule has 0 spiro atoms. The Morgan fingerprint density at radius 2 is 1.87 bits per heavy atom. The molecule has 3 aromatic heterocycles. The van der Waals surface area contributed by atoms with Gasteiger partial charge in [0.25, 0.3) is 5.91 Å². The van der Waals surface area contributed by atoms with Gasteiger partial charge in [-0.05, 0) is 35.9 Å². The standard InChI is InChI=1S/C22H19FN6O/c23-17-3-1-15(2-4-17)11-18-12-20(16-5-7-24-8-6-16)27-29(18)19-13-28(14-19)22(30)21-25-9-10-26-21/h1-10,12,19H,11,13-14H2,(H,25,26). The van der Waals surface area contributed by atoms with Gasteiger partial charge in [0.05, 0.1) is 11.7 Å². The number of pyridine rings is 1. The second kappa shape index (κ2) is 7.55. The minimum Gasteiger partial charge on any atom is -0.341 e. The predicted octanol–water partition coefficient (Wildman–Crippen LogP) is 3.10. The quantitative estimate of drug-likeness (QED) is 0.556. The van der Waals surface area contributed by atoms with Crippen molar-refractivity contribution in [2.75, 3.05) is 13.1 Å². The Balaban J connectivity index is 1.41. The lowest BCUT2D eigenvalue weighted by atomic mass is 10.1. The molecule has 8 heteroatoms. The largest absolute Gasteiger partial charge is 0.341 e. The fraction of sp³-hybridized carbons (Fsp3) is 0.182. The number of rotatable bonds is 5. The van der Waals surface area contributed by atoms with Crippen LogP contribution in [0.2, 0.25) is 0 Å². The summed E-state index contributed by atoms with van der Waals surface area (Å²) in [5.74, 6) is -0.0217. The molecule has 1 N–H and O–H groups in total. The molecule has 0 radical (unpaired) electrons. The van der Waals surface area contributed by atoms with Crippen molar-refractivity contribution in [1.82, 2.24) is 29.6 Å². The van der Waals surface area contributed by atoms with E-state index in [1.165, 1.54) is 12.1 Å². The molecule has 1 fully saturated rings. The molecule has 0 unspecified atom stereocenters. The van der Waals surface area contributed by atoms with Crippen molar-refractivity contribution in [3.63, 3.8) is 0 Å². The Bertz CT molecular complexity index is 1150. The van der Waals surface area contributed by atoms with Crippen molar-refractivity contribution in [2.45, 2.75) is 12.5 Å². The van der Waals surface area contributed by atoms with Gasteiger partial charge < -0.3 is 9.88 Å². The highest BCUT2D eigenvalue weighted by molar-refractivity contribution is 5.91. The van der Waals surface area contributed by atoms with E-state index in [1.54, 1.807) is 41.8 Å². The highest BCUT2D eigenvalue weighted by atomic mass is 19.1. The third-order valence-corrected chi connectivity index (χ3v) is 5.28. The monoisotopic (exact) mass is 402 g/mol. The van der Waals surface area contributed by atoms with Crippen LogP contribution >= 0.6 is 0 Å². The molecule has 4 aromatic rings. The van der Waals surface area contributed by atoms with Gasteiger partial charge in [0.1, 0.15) is 5.82 Å². The maximum atomic E-state index is 13.3. The Morgan fingerprint density at radius 3 is 2.57 bits per heavy atom. The number of carbonyl (C=O) groups is 1. The summed E-state index contributed by atoms with van der Waals surface area (Å²) in [5, 5.41) is 4.83. The lowest BCUT2D eigenvalue weighted by Crippen LogP contribution is -2.51. The molecule has 0 bridgehead atoms. The third-order valence-electron chi connectivity index (χ3n) is 5.28. The smallest absolute Gasteiger partial charge is 0.289 e. The summed E-state index contributed by atoms with van der Waals surface area (Å²) in [4.78, 5) is 25.2. The first-order valence-corrected chi connectivity index (χ1v) is 9.69. The lowest BCUT2D eigenvalue weighted by Gasteiger charge is -2.39. The van der Waals surface area contributed by atoms with Crippen LogP contribution in [0.25, 0.3) is 11.3 Å². The van der Waals surface area contributed by atoms with E-state index in [9.17, 15) is 9.18 Å². The molecule has 1 aromatic carbocycles. The third kappa shape index (κ3) is 3.47. The molecule has 1 aliphatic heterocycles. The van der Waals surface area contributed by atoms with E-state index in [4.69, 9.17) is 5.10 Å². The van der Waals surface area contributed by atoms with Gasteiger partial charge in [-0.25, -0.2) is 9.37 Å². The number of likely N-dealkylation sites (tertiary alicyclic amines) is 1. The summed E-state index contributed by atoms with van der Waals surface area (Å²) in [6.45, 7) is 1.13. The summed E-state index contributed by atoms with van der Waals surface area (Å²) >= 11 is 0. The summed E-state index contributed by atoms with van der Waals surface area (Å²) in [6, 6.07) is 12.5. The van der Waals surface area contributed by atoms with Crippen molar-refractivity contribution in [3.8, 4) is 11.3 Å². The van der Waals surface area contributed by atoms with Crippen LogP contribution in [-0.2, 0) is 6.42 Å².